The van der Waals surface area contributed by atoms with E-state index in [9.17, 15) is 13.2 Å². The number of ether oxygens (including phenoxy) is 1. The van der Waals surface area contributed by atoms with Crippen LogP contribution in [0.1, 0.15) is 27.2 Å². The van der Waals surface area contributed by atoms with E-state index in [1.165, 1.54) is 39.9 Å². The number of hydrogen-bond donors (Lipinski definition) is 0. The summed E-state index contributed by atoms with van der Waals surface area (Å²) in [6, 6.07) is 1.42. The number of likely N-dealkylation sites (N-methyl/N-ethyl adjacent to an activating group) is 1. The molecule has 0 saturated carbocycles. The number of pyridine rings is 1. The van der Waals surface area contributed by atoms with Crippen LogP contribution >= 0.6 is 0 Å². The fourth-order valence-electron chi connectivity index (χ4n) is 4.63. The average Bonchev–Trinajstić information content (AvgIpc) is 3.33. The molecule has 4 aromatic heterocycles. The van der Waals surface area contributed by atoms with Crippen LogP contribution in [-0.4, -0.2) is 91.2 Å². The van der Waals surface area contributed by atoms with Crippen molar-refractivity contribution in [3.63, 3.8) is 0 Å². The van der Waals surface area contributed by atoms with Crippen molar-refractivity contribution >= 4 is 21.1 Å². The summed E-state index contributed by atoms with van der Waals surface area (Å²) >= 11 is 0. The zero-order chi connectivity index (χ0) is 27.6. The van der Waals surface area contributed by atoms with E-state index in [0.717, 1.165) is 13.0 Å². The van der Waals surface area contributed by atoms with Gasteiger partial charge in [0.2, 0.25) is 15.9 Å². The number of fused-ring (bicyclic) bond motifs is 1. The number of aryl methyl sites for hydroxylation is 1. The monoisotopic (exact) mass is 553 g/mol. The second-order valence-corrected chi connectivity index (χ2v) is 11.0. The van der Waals surface area contributed by atoms with Gasteiger partial charge >= 0.3 is 0 Å². The topological polar surface area (TPSA) is 141 Å². The van der Waals surface area contributed by atoms with E-state index < -0.39 is 15.6 Å². The van der Waals surface area contributed by atoms with Crippen LogP contribution in [0.5, 0.6) is 5.88 Å². The highest BCUT2D eigenvalue weighted by Crippen LogP contribution is 2.27. The molecule has 39 heavy (non-hydrogen) atoms. The Hall–Kier alpha value is -3.75. The minimum Gasteiger partial charge on any atom is -0.476 e. The van der Waals surface area contributed by atoms with Crippen molar-refractivity contribution in [2.75, 3.05) is 39.3 Å². The van der Waals surface area contributed by atoms with Gasteiger partial charge in [-0.15, -0.1) is 0 Å². The predicted octanol–water partition coefficient (Wildman–Crippen LogP) is 1.57. The number of nitrogens with zero attached hydrogens (tertiary/aromatic N) is 9. The summed E-state index contributed by atoms with van der Waals surface area (Å²) < 4.78 is 37.2. The average molecular weight is 554 g/mol. The molecule has 0 aliphatic carbocycles. The summed E-state index contributed by atoms with van der Waals surface area (Å²) in [5.41, 5.74) is 0.915. The first-order chi connectivity index (χ1) is 18.9. The van der Waals surface area contributed by atoms with E-state index in [0.29, 0.717) is 49.8 Å². The Kier molecular flexibility index (Phi) is 7.68. The smallest absolute Gasteiger partial charge is 0.269 e. The molecule has 0 radical (unpaired) electrons. The largest absolute Gasteiger partial charge is 0.476 e. The Balaban J connectivity index is 1.66. The molecule has 5 rings (SSSR count). The summed E-state index contributed by atoms with van der Waals surface area (Å²) in [6.45, 7) is 9.60. The predicted molar refractivity (Wildman–Crippen MR) is 144 cm³/mol. The molecule has 4 aromatic rings. The minimum atomic E-state index is -3.85. The van der Waals surface area contributed by atoms with Gasteiger partial charge in [-0.2, -0.15) is 9.40 Å². The molecule has 1 saturated heterocycles. The molecule has 0 atom stereocenters. The zero-order valence-electron chi connectivity index (χ0n) is 22.2. The quantitative estimate of drug-likeness (QED) is 0.300. The lowest BCUT2D eigenvalue weighted by Gasteiger charge is -2.33. The number of rotatable bonds is 9. The fourth-order valence-corrected chi connectivity index (χ4v) is 6.01. The number of aromatic nitrogens is 7. The molecule has 206 valence electrons. The van der Waals surface area contributed by atoms with Gasteiger partial charge in [0.05, 0.1) is 19.0 Å². The van der Waals surface area contributed by atoms with Crippen molar-refractivity contribution in [3.05, 3.63) is 47.5 Å². The van der Waals surface area contributed by atoms with Gasteiger partial charge in [-0.3, -0.25) is 19.3 Å². The maximum atomic E-state index is 14.0. The molecule has 0 amide bonds. The van der Waals surface area contributed by atoms with Gasteiger partial charge in [0.15, 0.2) is 5.65 Å². The third kappa shape index (κ3) is 5.02. The van der Waals surface area contributed by atoms with Gasteiger partial charge < -0.3 is 9.64 Å². The van der Waals surface area contributed by atoms with Crippen molar-refractivity contribution in [1.29, 1.82) is 0 Å². The molecule has 14 heteroatoms. The Morgan fingerprint density at radius 2 is 1.79 bits per heavy atom. The lowest BCUT2D eigenvalue weighted by molar-refractivity contribution is 0.196. The van der Waals surface area contributed by atoms with Gasteiger partial charge in [-0.25, -0.2) is 23.1 Å². The van der Waals surface area contributed by atoms with Crippen molar-refractivity contribution in [1.82, 2.24) is 43.5 Å². The molecule has 0 unspecified atom stereocenters. The van der Waals surface area contributed by atoms with Crippen LogP contribution in [0.15, 0.2) is 46.9 Å². The molecule has 13 nitrogen and oxygen atoms in total. The van der Waals surface area contributed by atoms with Crippen LogP contribution in [0, 0.1) is 0 Å². The number of piperazine rings is 1. The van der Waals surface area contributed by atoms with Crippen LogP contribution in [0.25, 0.3) is 28.1 Å². The molecule has 0 spiro atoms. The summed E-state index contributed by atoms with van der Waals surface area (Å²) in [4.78, 5) is 33.5. The standard InChI is InChI=1S/C25H31N9O4S/c1-4-9-34-23-21(22(30-34)19-16-26-7-8-27-19)25(35)33(17-29-23)20-14-18(15-28-24(20)38-6-3)39(36,37)32-12-10-31(5-2)11-13-32/h7-8,14-17H,4-6,9-13H2,1-3H3. The van der Waals surface area contributed by atoms with Crippen LogP contribution in [0.4, 0.5) is 0 Å². The van der Waals surface area contributed by atoms with E-state index in [-0.39, 0.29) is 28.5 Å². The van der Waals surface area contributed by atoms with Gasteiger partial charge in [-0.1, -0.05) is 13.8 Å². The molecule has 1 fully saturated rings. The third-order valence-electron chi connectivity index (χ3n) is 6.66. The van der Waals surface area contributed by atoms with Gasteiger partial charge in [0.25, 0.3) is 5.56 Å². The Bertz CT molecular complexity index is 1630. The summed E-state index contributed by atoms with van der Waals surface area (Å²) in [5, 5.41) is 4.87. The van der Waals surface area contributed by atoms with Gasteiger partial charge in [0, 0.05) is 45.1 Å². The molecule has 5 heterocycles. The van der Waals surface area contributed by atoms with Gasteiger partial charge in [0.1, 0.15) is 33.7 Å². The highest BCUT2D eigenvalue weighted by Gasteiger charge is 2.30. The van der Waals surface area contributed by atoms with Crippen molar-refractivity contribution in [2.45, 2.75) is 38.6 Å². The first-order valence-corrected chi connectivity index (χ1v) is 14.4. The van der Waals surface area contributed by atoms with Gasteiger partial charge in [-0.05, 0) is 26.0 Å². The number of sulfonamides is 1. The Morgan fingerprint density at radius 1 is 1.00 bits per heavy atom. The van der Waals surface area contributed by atoms with Crippen LogP contribution in [-0.2, 0) is 16.6 Å². The van der Waals surface area contributed by atoms with E-state index in [1.807, 2.05) is 6.92 Å². The summed E-state index contributed by atoms with van der Waals surface area (Å²) in [5.74, 6) is 0.123. The SMILES string of the molecule is CCCn1nc(-c2cnccn2)c2c(=O)n(-c3cc(S(=O)(=O)N4CCN(CC)CC4)cnc3OCC)cnc21. The Labute approximate surface area is 226 Å². The normalized spacial score (nSPS) is 15.2. The maximum Gasteiger partial charge on any atom is 0.269 e. The zero-order valence-corrected chi connectivity index (χ0v) is 23.0. The molecule has 1 aliphatic rings. The molecular formula is C25H31N9O4S. The second kappa shape index (κ2) is 11.2. The van der Waals surface area contributed by atoms with Crippen LogP contribution < -0.4 is 10.3 Å². The fraction of sp³-hybridized carbons (Fsp3) is 0.440. The first-order valence-electron chi connectivity index (χ1n) is 13.0. The van der Waals surface area contributed by atoms with Crippen LogP contribution in [0.2, 0.25) is 0 Å². The minimum absolute atomic E-state index is 0.0197. The maximum absolute atomic E-state index is 14.0. The summed E-state index contributed by atoms with van der Waals surface area (Å²) in [7, 11) is -3.85. The second-order valence-electron chi connectivity index (χ2n) is 9.05. The van der Waals surface area contributed by atoms with Crippen molar-refractivity contribution in [3.8, 4) is 23.0 Å². The van der Waals surface area contributed by atoms with Crippen molar-refractivity contribution in [2.24, 2.45) is 0 Å². The van der Waals surface area contributed by atoms with E-state index in [2.05, 4.69) is 36.9 Å². The van der Waals surface area contributed by atoms with Crippen molar-refractivity contribution < 1.29 is 13.2 Å². The highest BCUT2D eigenvalue weighted by molar-refractivity contribution is 7.89. The Morgan fingerprint density at radius 3 is 2.46 bits per heavy atom. The third-order valence-corrected chi connectivity index (χ3v) is 8.52. The summed E-state index contributed by atoms with van der Waals surface area (Å²) in [6.07, 6.45) is 8.02. The lowest BCUT2D eigenvalue weighted by Crippen LogP contribution is -2.48. The molecule has 0 N–H and O–H groups in total. The van der Waals surface area contributed by atoms with E-state index >= 15 is 0 Å². The molecule has 0 bridgehead atoms. The molecular weight excluding hydrogens is 522 g/mol. The van der Waals surface area contributed by atoms with E-state index in [4.69, 9.17) is 4.74 Å². The molecule has 0 aromatic carbocycles. The molecule has 1 aliphatic heterocycles. The van der Waals surface area contributed by atoms with E-state index in [1.54, 1.807) is 17.8 Å². The number of hydrogen-bond acceptors (Lipinski definition) is 10. The highest BCUT2D eigenvalue weighted by atomic mass is 32.2. The lowest BCUT2D eigenvalue weighted by atomic mass is 10.2. The van der Waals surface area contributed by atoms with Crippen LogP contribution in [0.3, 0.4) is 0 Å². The first kappa shape index (κ1) is 26.8.